The lowest BCUT2D eigenvalue weighted by Crippen LogP contribution is -2.55. The molecular formula is C16H29FN2O4. The molecule has 1 saturated carbocycles. The summed E-state index contributed by atoms with van der Waals surface area (Å²) in [6.07, 6.45) is -0.587. The molecule has 0 aromatic heterocycles. The number of halogens is 1. The molecule has 0 saturated heterocycles. The first-order valence-corrected chi connectivity index (χ1v) is 8.03. The summed E-state index contributed by atoms with van der Waals surface area (Å²) in [7, 11) is 0. The van der Waals surface area contributed by atoms with Crippen LogP contribution in [0, 0.1) is 0 Å². The van der Waals surface area contributed by atoms with Gasteiger partial charge >= 0.3 is 12.2 Å². The van der Waals surface area contributed by atoms with Crippen LogP contribution in [0.4, 0.5) is 14.0 Å². The highest BCUT2D eigenvalue weighted by atomic mass is 19.1. The zero-order valence-corrected chi connectivity index (χ0v) is 14.9. The predicted molar refractivity (Wildman–Crippen MR) is 84.6 cm³/mol. The first-order valence-electron chi connectivity index (χ1n) is 8.03. The molecule has 1 N–H and O–H groups in total. The Balaban J connectivity index is 2.79. The van der Waals surface area contributed by atoms with Gasteiger partial charge in [-0.25, -0.2) is 24.4 Å². The van der Waals surface area contributed by atoms with Crippen molar-refractivity contribution in [2.75, 3.05) is 0 Å². The van der Waals surface area contributed by atoms with Crippen molar-refractivity contribution in [3.8, 4) is 0 Å². The van der Waals surface area contributed by atoms with E-state index in [2.05, 4.69) is 5.43 Å². The number of carbonyl (C=O) groups excluding carboxylic acids is 2. The summed E-state index contributed by atoms with van der Waals surface area (Å²) >= 11 is 0. The van der Waals surface area contributed by atoms with Crippen molar-refractivity contribution in [3.05, 3.63) is 0 Å². The highest BCUT2D eigenvalue weighted by molar-refractivity contribution is 5.74. The Morgan fingerprint density at radius 3 is 1.87 bits per heavy atom. The van der Waals surface area contributed by atoms with Gasteiger partial charge in [-0.05, 0) is 67.2 Å². The van der Waals surface area contributed by atoms with E-state index in [1.807, 2.05) is 0 Å². The third-order valence-corrected chi connectivity index (χ3v) is 3.19. The van der Waals surface area contributed by atoms with Crippen LogP contribution in [0.2, 0.25) is 0 Å². The normalized spacial score (nSPS) is 22.2. The van der Waals surface area contributed by atoms with E-state index in [0.29, 0.717) is 25.7 Å². The van der Waals surface area contributed by atoms with Crippen LogP contribution in [0.1, 0.15) is 67.2 Å². The Morgan fingerprint density at radius 2 is 1.43 bits per heavy atom. The third kappa shape index (κ3) is 7.52. The highest BCUT2D eigenvalue weighted by Crippen LogP contribution is 2.25. The maximum Gasteiger partial charge on any atom is 0.429 e. The predicted octanol–water partition coefficient (Wildman–Crippen LogP) is 3.94. The van der Waals surface area contributed by atoms with E-state index in [1.54, 1.807) is 41.5 Å². The van der Waals surface area contributed by atoms with Crippen LogP contribution in [0.25, 0.3) is 0 Å². The lowest BCUT2D eigenvalue weighted by molar-refractivity contribution is -0.0164. The van der Waals surface area contributed by atoms with Crippen LogP contribution in [0.15, 0.2) is 0 Å². The average molecular weight is 332 g/mol. The molecule has 2 amide bonds. The Bertz CT molecular complexity index is 421. The van der Waals surface area contributed by atoms with E-state index in [-0.39, 0.29) is 6.04 Å². The van der Waals surface area contributed by atoms with Crippen molar-refractivity contribution in [1.82, 2.24) is 10.4 Å². The summed E-state index contributed by atoms with van der Waals surface area (Å²) in [5, 5.41) is 1.14. The van der Waals surface area contributed by atoms with E-state index < -0.39 is 29.6 Å². The van der Waals surface area contributed by atoms with E-state index in [1.165, 1.54) is 0 Å². The maximum absolute atomic E-state index is 13.3. The largest absolute Gasteiger partial charge is 0.443 e. The van der Waals surface area contributed by atoms with Gasteiger partial charge in [0.1, 0.15) is 17.4 Å². The molecule has 0 radical (unpaired) electrons. The van der Waals surface area contributed by atoms with E-state index >= 15 is 0 Å². The SMILES string of the molecule is CC(C)(C)OC(=O)NN(C(=O)OC(C)(C)C)C1CCC(F)CC1. The summed E-state index contributed by atoms with van der Waals surface area (Å²) < 4.78 is 23.9. The van der Waals surface area contributed by atoms with Gasteiger partial charge in [-0.2, -0.15) is 0 Å². The molecule has 1 aliphatic carbocycles. The molecule has 0 unspecified atom stereocenters. The Labute approximate surface area is 137 Å². The smallest absolute Gasteiger partial charge is 0.429 e. The molecule has 1 aliphatic rings. The molecule has 0 aliphatic heterocycles. The minimum absolute atomic E-state index is 0.302. The third-order valence-electron chi connectivity index (χ3n) is 3.19. The number of rotatable bonds is 1. The van der Waals surface area contributed by atoms with Gasteiger partial charge in [0.05, 0.1) is 6.04 Å². The maximum atomic E-state index is 13.3. The first kappa shape index (κ1) is 19.5. The molecule has 0 spiro atoms. The molecule has 1 rings (SSSR count). The lowest BCUT2D eigenvalue weighted by Gasteiger charge is -2.36. The Hall–Kier alpha value is -1.53. The fraction of sp³-hybridized carbons (Fsp3) is 0.875. The molecule has 0 heterocycles. The molecule has 0 aromatic rings. The topological polar surface area (TPSA) is 67.9 Å². The van der Waals surface area contributed by atoms with Crippen molar-refractivity contribution in [2.24, 2.45) is 0 Å². The number of nitrogens with zero attached hydrogens (tertiary/aromatic N) is 1. The monoisotopic (exact) mass is 332 g/mol. The number of hydrogen-bond acceptors (Lipinski definition) is 4. The van der Waals surface area contributed by atoms with Gasteiger partial charge in [0, 0.05) is 0 Å². The van der Waals surface area contributed by atoms with Crippen molar-refractivity contribution < 1.29 is 23.5 Å². The highest BCUT2D eigenvalue weighted by Gasteiger charge is 2.34. The molecule has 0 bridgehead atoms. The van der Waals surface area contributed by atoms with Gasteiger partial charge in [-0.1, -0.05) is 0 Å². The molecule has 23 heavy (non-hydrogen) atoms. The summed E-state index contributed by atoms with van der Waals surface area (Å²) in [5.74, 6) is 0. The van der Waals surface area contributed by atoms with Crippen LogP contribution in [-0.2, 0) is 9.47 Å². The van der Waals surface area contributed by atoms with Crippen LogP contribution in [0.5, 0.6) is 0 Å². The molecule has 1 fully saturated rings. The van der Waals surface area contributed by atoms with E-state index in [0.717, 1.165) is 5.01 Å². The molecule has 6 nitrogen and oxygen atoms in total. The molecule has 0 aromatic carbocycles. The first-order chi connectivity index (χ1) is 10.4. The van der Waals surface area contributed by atoms with Crippen LogP contribution < -0.4 is 5.43 Å². The second-order valence-corrected chi connectivity index (χ2v) is 7.87. The van der Waals surface area contributed by atoms with E-state index in [4.69, 9.17) is 9.47 Å². The fourth-order valence-electron chi connectivity index (χ4n) is 2.29. The lowest BCUT2D eigenvalue weighted by atomic mass is 9.94. The second-order valence-electron chi connectivity index (χ2n) is 7.87. The molecule has 7 heteroatoms. The zero-order valence-electron chi connectivity index (χ0n) is 14.9. The summed E-state index contributed by atoms with van der Waals surface area (Å²) in [6, 6.07) is -0.302. The number of hydrogen-bond donors (Lipinski definition) is 1. The summed E-state index contributed by atoms with van der Waals surface area (Å²) in [6.45, 7) is 10.4. The van der Waals surface area contributed by atoms with Gasteiger partial charge in [0.25, 0.3) is 0 Å². The fourth-order valence-corrected chi connectivity index (χ4v) is 2.29. The second kappa shape index (κ2) is 7.36. The van der Waals surface area contributed by atoms with Gasteiger partial charge < -0.3 is 9.47 Å². The molecule has 0 atom stereocenters. The average Bonchev–Trinajstić information content (AvgIpc) is 2.33. The van der Waals surface area contributed by atoms with Gasteiger partial charge in [0.15, 0.2) is 0 Å². The van der Waals surface area contributed by atoms with Crippen molar-refractivity contribution in [1.29, 1.82) is 0 Å². The number of carbonyl (C=O) groups is 2. The van der Waals surface area contributed by atoms with Crippen molar-refractivity contribution in [3.63, 3.8) is 0 Å². The minimum atomic E-state index is -0.853. The van der Waals surface area contributed by atoms with E-state index in [9.17, 15) is 14.0 Å². The number of amides is 2. The Morgan fingerprint density at radius 1 is 0.957 bits per heavy atom. The number of alkyl halides is 1. The summed E-state index contributed by atoms with van der Waals surface area (Å²) in [4.78, 5) is 24.4. The van der Waals surface area contributed by atoms with Crippen LogP contribution in [0.3, 0.4) is 0 Å². The zero-order chi connectivity index (χ0) is 17.8. The Kier molecular flexibility index (Phi) is 6.25. The quantitative estimate of drug-likeness (QED) is 0.738. The van der Waals surface area contributed by atoms with Gasteiger partial charge in [0.2, 0.25) is 0 Å². The van der Waals surface area contributed by atoms with Crippen molar-refractivity contribution in [2.45, 2.75) is 90.6 Å². The minimum Gasteiger partial charge on any atom is -0.443 e. The number of ether oxygens (including phenoxy) is 2. The molecule has 134 valence electrons. The van der Waals surface area contributed by atoms with Crippen LogP contribution >= 0.6 is 0 Å². The van der Waals surface area contributed by atoms with Gasteiger partial charge in [-0.15, -0.1) is 0 Å². The molecular weight excluding hydrogens is 303 g/mol. The van der Waals surface area contributed by atoms with Crippen LogP contribution in [-0.4, -0.2) is 40.6 Å². The summed E-state index contributed by atoms with van der Waals surface area (Å²) in [5.41, 5.74) is 1.08. The number of hydrazine groups is 1. The van der Waals surface area contributed by atoms with Gasteiger partial charge in [-0.3, -0.25) is 0 Å². The van der Waals surface area contributed by atoms with Crippen molar-refractivity contribution >= 4 is 12.2 Å². The standard InChI is InChI=1S/C16H29FN2O4/c1-15(2,3)22-13(20)18-19(14(21)23-16(4,5)6)12-9-7-11(17)8-10-12/h11-12H,7-10H2,1-6H3,(H,18,20). The number of nitrogens with one attached hydrogen (secondary N) is 1.